The highest BCUT2D eigenvalue weighted by Crippen LogP contribution is 2.12. The fraction of sp³-hybridized carbons (Fsp3) is 0.900. The Labute approximate surface area is 84.4 Å². The number of amides is 1. The first-order chi connectivity index (χ1) is 6.86. The van der Waals surface area contributed by atoms with Crippen molar-refractivity contribution in [3.8, 4) is 0 Å². The Morgan fingerprint density at radius 2 is 2.29 bits per heavy atom. The van der Waals surface area contributed by atoms with Gasteiger partial charge >= 0.3 is 0 Å². The van der Waals surface area contributed by atoms with E-state index >= 15 is 0 Å². The molecule has 2 N–H and O–H groups in total. The van der Waals surface area contributed by atoms with Crippen LogP contribution in [0.1, 0.15) is 25.7 Å². The van der Waals surface area contributed by atoms with Gasteiger partial charge in [0.25, 0.3) is 0 Å². The van der Waals surface area contributed by atoms with Crippen LogP contribution in [0.4, 0.5) is 0 Å². The van der Waals surface area contributed by atoms with Crippen molar-refractivity contribution in [1.82, 2.24) is 10.6 Å². The highest BCUT2D eigenvalue weighted by molar-refractivity contribution is 5.81. The van der Waals surface area contributed by atoms with E-state index in [4.69, 9.17) is 4.74 Å². The molecule has 0 radical (unpaired) electrons. The molecule has 0 aromatic carbocycles. The van der Waals surface area contributed by atoms with Gasteiger partial charge in [0, 0.05) is 19.2 Å². The molecule has 2 heterocycles. The molecule has 0 saturated carbocycles. The van der Waals surface area contributed by atoms with Gasteiger partial charge in [-0.25, -0.2) is 0 Å². The summed E-state index contributed by atoms with van der Waals surface area (Å²) in [4.78, 5) is 11.6. The van der Waals surface area contributed by atoms with E-state index in [0.29, 0.717) is 6.04 Å². The van der Waals surface area contributed by atoms with Crippen molar-refractivity contribution in [3.05, 3.63) is 0 Å². The highest BCUT2D eigenvalue weighted by atomic mass is 16.5. The van der Waals surface area contributed by atoms with Gasteiger partial charge in [0.1, 0.15) is 6.10 Å². The van der Waals surface area contributed by atoms with E-state index in [1.165, 1.54) is 0 Å². The molecule has 2 aliphatic heterocycles. The first-order valence-corrected chi connectivity index (χ1v) is 5.49. The zero-order chi connectivity index (χ0) is 9.80. The average molecular weight is 198 g/mol. The molecule has 2 saturated heterocycles. The molecule has 4 nitrogen and oxygen atoms in total. The lowest BCUT2D eigenvalue weighted by Gasteiger charge is -2.24. The number of rotatable bonds is 2. The maximum Gasteiger partial charge on any atom is 0.249 e. The average Bonchev–Trinajstić information content (AvgIpc) is 2.72. The van der Waals surface area contributed by atoms with Gasteiger partial charge in [-0.3, -0.25) is 4.79 Å². The largest absolute Gasteiger partial charge is 0.368 e. The predicted octanol–water partition coefficient (Wildman–Crippen LogP) is 0.0336. The molecular formula is C10H18N2O2. The van der Waals surface area contributed by atoms with Crippen LogP contribution in [0.25, 0.3) is 0 Å². The summed E-state index contributed by atoms with van der Waals surface area (Å²) in [7, 11) is 0. The van der Waals surface area contributed by atoms with Gasteiger partial charge in [0.2, 0.25) is 5.91 Å². The maximum atomic E-state index is 11.6. The third kappa shape index (κ3) is 2.45. The van der Waals surface area contributed by atoms with Crippen LogP contribution in [0.2, 0.25) is 0 Å². The van der Waals surface area contributed by atoms with E-state index in [-0.39, 0.29) is 12.0 Å². The van der Waals surface area contributed by atoms with Crippen molar-refractivity contribution in [2.45, 2.75) is 37.8 Å². The number of carbonyl (C=O) groups is 1. The SMILES string of the molecule is O=C(N[C@@H]1CCCNC1)[C@H]1CCCO1. The lowest BCUT2D eigenvalue weighted by atomic mass is 10.1. The molecule has 4 heteroatoms. The van der Waals surface area contributed by atoms with Gasteiger partial charge in [-0.1, -0.05) is 0 Å². The number of carbonyl (C=O) groups excluding carboxylic acids is 1. The van der Waals surface area contributed by atoms with Crippen LogP contribution >= 0.6 is 0 Å². The quantitative estimate of drug-likeness (QED) is 0.658. The molecule has 0 aromatic rings. The normalized spacial score (nSPS) is 32.9. The van der Waals surface area contributed by atoms with Crippen LogP contribution in [0.3, 0.4) is 0 Å². The van der Waals surface area contributed by atoms with Crippen LogP contribution in [-0.2, 0) is 9.53 Å². The molecule has 0 bridgehead atoms. The minimum Gasteiger partial charge on any atom is -0.368 e. The lowest BCUT2D eigenvalue weighted by molar-refractivity contribution is -0.130. The minimum atomic E-state index is -0.183. The Balaban J connectivity index is 1.75. The van der Waals surface area contributed by atoms with Crippen molar-refractivity contribution in [2.24, 2.45) is 0 Å². The van der Waals surface area contributed by atoms with Gasteiger partial charge in [0.15, 0.2) is 0 Å². The Morgan fingerprint density at radius 3 is 2.93 bits per heavy atom. The zero-order valence-corrected chi connectivity index (χ0v) is 8.42. The summed E-state index contributed by atoms with van der Waals surface area (Å²) in [6, 6.07) is 0.306. The fourth-order valence-electron chi connectivity index (χ4n) is 2.05. The van der Waals surface area contributed by atoms with E-state index in [9.17, 15) is 4.79 Å². The summed E-state index contributed by atoms with van der Waals surface area (Å²) in [5.41, 5.74) is 0. The second kappa shape index (κ2) is 4.75. The van der Waals surface area contributed by atoms with Crippen LogP contribution < -0.4 is 10.6 Å². The van der Waals surface area contributed by atoms with Crippen molar-refractivity contribution in [1.29, 1.82) is 0 Å². The molecule has 0 aromatic heterocycles. The molecule has 2 fully saturated rings. The van der Waals surface area contributed by atoms with Gasteiger partial charge in [-0.2, -0.15) is 0 Å². The Kier molecular flexibility index (Phi) is 3.37. The molecule has 2 atom stereocenters. The smallest absolute Gasteiger partial charge is 0.249 e. The summed E-state index contributed by atoms with van der Waals surface area (Å²) in [5, 5.41) is 6.31. The van der Waals surface area contributed by atoms with Crippen LogP contribution in [0, 0.1) is 0 Å². The predicted molar refractivity (Wildman–Crippen MR) is 53.0 cm³/mol. The second-order valence-corrected chi connectivity index (χ2v) is 4.05. The number of nitrogens with one attached hydrogen (secondary N) is 2. The third-order valence-corrected chi connectivity index (χ3v) is 2.87. The monoisotopic (exact) mass is 198 g/mol. The van der Waals surface area contributed by atoms with Crippen molar-refractivity contribution >= 4 is 5.91 Å². The topological polar surface area (TPSA) is 50.4 Å². The van der Waals surface area contributed by atoms with Crippen molar-refractivity contribution < 1.29 is 9.53 Å². The molecule has 2 rings (SSSR count). The Hall–Kier alpha value is -0.610. The lowest BCUT2D eigenvalue weighted by Crippen LogP contribution is -2.48. The van der Waals surface area contributed by atoms with Crippen molar-refractivity contribution in [3.63, 3.8) is 0 Å². The highest BCUT2D eigenvalue weighted by Gasteiger charge is 2.25. The van der Waals surface area contributed by atoms with Crippen molar-refractivity contribution in [2.75, 3.05) is 19.7 Å². The van der Waals surface area contributed by atoms with Crippen LogP contribution in [0.15, 0.2) is 0 Å². The molecular weight excluding hydrogens is 180 g/mol. The summed E-state index contributed by atoms with van der Waals surface area (Å²) in [5.74, 6) is 0.0798. The van der Waals surface area contributed by atoms with E-state index < -0.39 is 0 Å². The van der Waals surface area contributed by atoms with E-state index in [2.05, 4.69) is 10.6 Å². The van der Waals surface area contributed by atoms with Crippen LogP contribution in [0.5, 0.6) is 0 Å². The van der Waals surface area contributed by atoms with E-state index in [0.717, 1.165) is 45.4 Å². The molecule has 0 spiro atoms. The molecule has 0 aliphatic carbocycles. The number of hydrogen-bond donors (Lipinski definition) is 2. The Morgan fingerprint density at radius 1 is 1.36 bits per heavy atom. The van der Waals surface area contributed by atoms with Gasteiger partial charge in [-0.15, -0.1) is 0 Å². The summed E-state index contributed by atoms with van der Waals surface area (Å²) >= 11 is 0. The minimum absolute atomic E-state index is 0.0798. The first-order valence-electron chi connectivity index (χ1n) is 5.49. The number of ether oxygens (including phenoxy) is 1. The summed E-state index contributed by atoms with van der Waals surface area (Å²) in [6.45, 7) is 2.71. The number of hydrogen-bond acceptors (Lipinski definition) is 3. The molecule has 0 unspecified atom stereocenters. The summed E-state index contributed by atoms with van der Waals surface area (Å²) in [6.07, 6.45) is 3.95. The van der Waals surface area contributed by atoms with Gasteiger partial charge in [0.05, 0.1) is 0 Å². The fourth-order valence-corrected chi connectivity index (χ4v) is 2.05. The zero-order valence-electron chi connectivity index (χ0n) is 8.42. The molecule has 1 amide bonds. The third-order valence-electron chi connectivity index (χ3n) is 2.87. The Bertz CT molecular complexity index is 196. The van der Waals surface area contributed by atoms with E-state index in [1.807, 2.05) is 0 Å². The van der Waals surface area contributed by atoms with E-state index in [1.54, 1.807) is 0 Å². The molecule has 80 valence electrons. The summed E-state index contributed by atoms with van der Waals surface area (Å²) < 4.78 is 5.32. The number of piperidine rings is 1. The molecule has 2 aliphatic rings. The first kappa shape index (κ1) is 9.93. The maximum absolute atomic E-state index is 11.6. The molecule has 14 heavy (non-hydrogen) atoms. The van der Waals surface area contributed by atoms with Crippen LogP contribution in [-0.4, -0.2) is 37.7 Å². The second-order valence-electron chi connectivity index (χ2n) is 4.05. The van der Waals surface area contributed by atoms with Gasteiger partial charge in [-0.05, 0) is 32.2 Å². The standard InChI is InChI=1S/C10H18N2O2/c13-10(9-4-2-6-14-9)12-8-3-1-5-11-7-8/h8-9,11H,1-7H2,(H,12,13)/t8-,9-/m1/s1. The van der Waals surface area contributed by atoms with Gasteiger partial charge < -0.3 is 15.4 Å².